The summed E-state index contributed by atoms with van der Waals surface area (Å²) >= 11 is 0. The fourth-order valence-electron chi connectivity index (χ4n) is 4.71. The highest BCUT2D eigenvalue weighted by Crippen LogP contribution is 2.40. The summed E-state index contributed by atoms with van der Waals surface area (Å²) in [6.07, 6.45) is 3.24. The number of rotatable bonds is 7. The molecule has 0 radical (unpaired) electrons. The molecule has 2 unspecified atom stereocenters. The molecule has 2 aliphatic rings. The van der Waals surface area contributed by atoms with Crippen LogP contribution in [0.2, 0.25) is 0 Å². The van der Waals surface area contributed by atoms with E-state index in [0.29, 0.717) is 17.4 Å². The van der Waals surface area contributed by atoms with Crippen molar-refractivity contribution in [1.29, 1.82) is 0 Å². The molecule has 1 saturated heterocycles. The summed E-state index contributed by atoms with van der Waals surface area (Å²) in [5.41, 5.74) is 0.893. The minimum Gasteiger partial charge on any atom is -0.391 e. The number of carbonyl (C=O) groups excluding carboxylic acids is 2. The van der Waals surface area contributed by atoms with Gasteiger partial charge in [0, 0.05) is 25.1 Å². The molecule has 3 atom stereocenters. The van der Waals surface area contributed by atoms with E-state index >= 15 is 0 Å². The zero-order valence-corrected chi connectivity index (χ0v) is 21.0. The van der Waals surface area contributed by atoms with Gasteiger partial charge in [-0.3, -0.25) is 9.59 Å². The molecule has 1 aromatic carbocycles. The van der Waals surface area contributed by atoms with Crippen LogP contribution in [0, 0.1) is 11.2 Å². The lowest BCUT2D eigenvalue weighted by Crippen LogP contribution is -2.50. The Kier molecular flexibility index (Phi) is 6.48. The van der Waals surface area contributed by atoms with Crippen molar-refractivity contribution in [2.24, 2.45) is 5.41 Å². The van der Waals surface area contributed by atoms with Gasteiger partial charge in [-0.15, -0.1) is 10.2 Å². The summed E-state index contributed by atoms with van der Waals surface area (Å²) in [5, 5.41) is 33.2. The van der Waals surface area contributed by atoms with E-state index in [1.165, 1.54) is 33.8 Å². The molecular weight excluding hydrogens is 481 g/mol. The topological polar surface area (TPSA) is 144 Å². The zero-order chi connectivity index (χ0) is 26.3. The van der Waals surface area contributed by atoms with Crippen molar-refractivity contribution in [3.63, 3.8) is 0 Å². The van der Waals surface area contributed by atoms with Crippen molar-refractivity contribution in [3.8, 4) is 5.69 Å². The first-order chi connectivity index (χ1) is 17.6. The number of aliphatic hydroxyl groups excluding tert-OH is 1. The number of aromatic nitrogens is 7. The molecule has 1 aliphatic carbocycles. The van der Waals surface area contributed by atoms with E-state index in [1.807, 2.05) is 27.0 Å². The number of amides is 2. The number of hydrogen-bond acceptors (Lipinski definition) is 8. The maximum Gasteiger partial charge on any atom is 0.248 e. The van der Waals surface area contributed by atoms with Crippen molar-refractivity contribution >= 4 is 11.8 Å². The lowest BCUT2D eigenvalue weighted by Gasteiger charge is -2.34. The highest BCUT2D eigenvalue weighted by molar-refractivity contribution is 5.90. The molecule has 0 spiro atoms. The quantitative estimate of drug-likeness (QED) is 0.481. The molecule has 13 heteroatoms. The van der Waals surface area contributed by atoms with Crippen molar-refractivity contribution in [2.45, 2.75) is 70.7 Å². The van der Waals surface area contributed by atoms with Gasteiger partial charge in [-0.1, -0.05) is 26.0 Å². The Morgan fingerprint density at radius 1 is 1.16 bits per heavy atom. The van der Waals surface area contributed by atoms with E-state index in [0.717, 1.165) is 18.5 Å². The van der Waals surface area contributed by atoms with Gasteiger partial charge < -0.3 is 15.3 Å². The lowest BCUT2D eigenvalue weighted by molar-refractivity contribution is -0.144. The Morgan fingerprint density at radius 2 is 1.89 bits per heavy atom. The molecule has 3 heterocycles. The molecule has 2 fully saturated rings. The van der Waals surface area contributed by atoms with E-state index in [1.54, 1.807) is 4.68 Å². The number of nitrogens with one attached hydrogen (secondary N) is 1. The molecule has 1 aliphatic heterocycles. The minimum atomic E-state index is -0.867. The van der Waals surface area contributed by atoms with Gasteiger partial charge in [-0.25, -0.2) is 9.07 Å². The van der Waals surface area contributed by atoms with Gasteiger partial charge >= 0.3 is 0 Å². The van der Waals surface area contributed by atoms with E-state index in [9.17, 15) is 19.1 Å². The molecule has 0 bridgehead atoms. The molecular formula is C24H30FN9O3. The molecule has 2 amide bonds. The molecule has 12 nitrogen and oxygen atoms in total. The molecule has 5 rings (SSSR count). The highest BCUT2D eigenvalue weighted by Gasteiger charge is 2.45. The van der Waals surface area contributed by atoms with Crippen molar-refractivity contribution in [1.82, 2.24) is 45.4 Å². The number of hydrogen-bond donors (Lipinski definition) is 2. The van der Waals surface area contributed by atoms with Gasteiger partial charge in [0.25, 0.3) is 0 Å². The molecule has 2 N–H and O–H groups in total. The van der Waals surface area contributed by atoms with E-state index < -0.39 is 29.5 Å². The van der Waals surface area contributed by atoms with Gasteiger partial charge in [0.1, 0.15) is 17.9 Å². The number of nitrogens with zero attached hydrogens (tertiary/aromatic N) is 8. The summed E-state index contributed by atoms with van der Waals surface area (Å²) in [5.74, 6) is -0.391. The third-order valence-corrected chi connectivity index (χ3v) is 6.73. The van der Waals surface area contributed by atoms with Crippen molar-refractivity contribution in [3.05, 3.63) is 47.8 Å². The number of benzene rings is 1. The Morgan fingerprint density at radius 3 is 2.57 bits per heavy atom. The summed E-state index contributed by atoms with van der Waals surface area (Å²) in [7, 11) is 0. The number of halogens is 1. The zero-order valence-electron chi connectivity index (χ0n) is 21.0. The number of aliphatic hydroxyl groups is 1. The van der Waals surface area contributed by atoms with Gasteiger partial charge in [-0.05, 0) is 52.9 Å². The van der Waals surface area contributed by atoms with Crippen LogP contribution in [0.4, 0.5) is 4.39 Å². The summed E-state index contributed by atoms with van der Waals surface area (Å²) in [4.78, 5) is 28.5. The predicted octanol–water partition coefficient (Wildman–Crippen LogP) is 1.14. The van der Waals surface area contributed by atoms with Crippen molar-refractivity contribution in [2.75, 3.05) is 6.54 Å². The van der Waals surface area contributed by atoms with Crippen LogP contribution in [0.3, 0.4) is 0 Å². The largest absolute Gasteiger partial charge is 0.391 e. The molecule has 37 heavy (non-hydrogen) atoms. The Labute approximate surface area is 212 Å². The van der Waals surface area contributed by atoms with Crippen LogP contribution in [-0.2, 0) is 16.1 Å². The third kappa shape index (κ3) is 5.22. The van der Waals surface area contributed by atoms with Gasteiger partial charge in [0.15, 0.2) is 5.82 Å². The fourth-order valence-corrected chi connectivity index (χ4v) is 4.71. The molecule has 1 saturated carbocycles. The Hall–Kier alpha value is -3.74. The smallest absolute Gasteiger partial charge is 0.248 e. The summed E-state index contributed by atoms with van der Waals surface area (Å²) < 4.78 is 16.3. The number of carbonyl (C=O) groups is 2. The van der Waals surface area contributed by atoms with Crippen LogP contribution in [0.15, 0.2) is 30.5 Å². The predicted molar refractivity (Wildman–Crippen MR) is 128 cm³/mol. The second kappa shape index (κ2) is 9.61. The summed E-state index contributed by atoms with van der Waals surface area (Å²) in [6.45, 7) is 5.83. The number of tetrazole rings is 1. The van der Waals surface area contributed by atoms with Gasteiger partial charge in [-0.2, -0.15) is 4.68 Å². The first-order valence-electron chi connectivity index (χ1n) is 12.3. The Balaban J connectivity index is 1.31. The first kappa shape index (κ1) is 24.9. The highest BCUT2D eigenvalue weighted by atomic mass is 19.1. The second-order valence-corrected chi connectivity index (χ2v) is 10.8. The normalized spacial score (nSPS) is 20.7. The van der Waals surface area contributed by atoms with Crippen LogP contribution in [0.25, 0.3) is 5.69 Å². The minimum absolute atomic E-state index is 0.0195. The molecule has 3 aromatic rings. The maximum absolute atomic E-state index is 13.8. The molecule has 2 aromatic heterocycles. The van der Waals surface area contributed by atoms with Crippen LogP contribution in [-0.4, -0.2) is 75.7 Å². The van der Waals surface area contributed by atoms with E-state index in [4.69, 9.17) is 0 Å². The SMILES string of the molecule is CC(C)(C)[C@@H](C(=O)N1CC(O)CC1C(=O)NCc1nnnn1-c1ccc(F)cc1)n1cc(C2CC2)nn1. The van der Waals surface area contributed by atoms with Crippen molar-refractivity contribution < 1.29 is 19.1 Å². The Bertz CT molecular complexity index is 1280. The van der Waals surface area contributed by atoms with Gasteiger partial charge in [0.2, 0.25) is 11.8 Å². The van der Waals surface area contributed by atoms with Crippen LogP contribution >= 0.6 is 0 Å². The van der Waals surface area contributed by atoms with Crippen LogP contribution in [0.1, 0.15) is 63.5 Å². The third-order valence-electron chi connectivity index (χ3n) is 6.73. The number of likely N-dealkylation sites (tertiary alicyclic amines) is 1. The molecule has 196 valence electrons. The fraction of sp³-hybridized carbons (Fsp3) is 0.542. The average molecular weight is 512 g/mol. The number of β-amino-alcohol motifs (C(OH)–C–C–N with tert-alkyl or cyclic N) is 1. The monoisotopic (exact) mass is 511 g/mol. The van der Waals surface area contributed by atoms with E-state index in [2.05, 4.69) is 31.2 Å². The van der Waals surface area contributed by atoms with E-state index in [-0.39, 0.29) is 31.2 Å². The second-order valence-electron chi connectivity index (χ2n) is 10.8. The van der Waals surface area contributed by atoms with Crippen LogP contribution in [0.5, 0.6) is 0 Å². The maximum atomic E-state index is 13.8. The lowest BCUT2D eigenvalue weighted by atomic mass is 9.85. The van der Waals surface area contributed by atoms with Crippen LogP contribution < -0.4 is 5.32 Å². The standard InChI is InChI=1S/C24H30FN9O3/c1-24(2,3)21(33-13-18(27-30-33)14-4-5-14)23(37)32-12-17(35)10-19(32)22(36)26-11-20-28-29-31-34(20)16-8-6-15(25)7-9-16/h6-9,13-14,17,19,21,35H,4-5,10-12H2,1-3H3,(H,26,36)/t17?,19?,21-/m1/s1. The summed E-state index contributed by atoms with van der Waals surface area (Å²) in [6, 6.07) is 4.06. The first-order valence-corrected chi connectivity index (χ1v) is 12.3. The average Bonchev–Trinajstić information content (AvgIpc) is 3.22. The van der Waals surface area contributed by atoms with Gasteiger partial charge in [0.05, 0.1) is 24.0 Å².